The average Bonchev–Trinajstić information content (AvgIpc) is 2.28. The fraction of sp³-hybridized carbons (Fsp3) is 1.00. The Balaban J connectivity index is 2.34. The van der Waals surface area contributed by atoms with E-state index >= 15 is 0 Å². The molecule has 0 aromatic heterocycles. The molecule has 0 aliphatic heterocycles. The molecule has 1 aliphatic carbocycles. The molecule has 0 heterocycles. The van der Waals surface area contributed by atoms with E-state index in [0.29, 0.717) is 17.9 Å². The van der Waals surface area contributed by atoms with Gasteiger partial charge in [-0.05, 0) is 38.6 Å². The summed E-state index contributed by atoms with van der Waals surface area (Å²) in [6.45, 7) is 7.57. The van der Waals surface area contributed by atoms with Crippen molar-refractivity contribution in [3.05, 3.63) is 0 Å². The first-order valence-electron chi connectivity index (χ1n) is 6.90. The van der Waals surface area contributed by atoms with E-state index in [4.69, 9.17) is 0 Å². The molecule has 2 unspecified atom stereocenters. The summed E-state index contributed by atoms with van der Waals surface area (Å²) < 4.78 is 0. The molecule has 1 N–H and O–H groups in total. The molecule has 2 atom stereocenters. The maximum atomic E-state index is 10.2. The van der Waals surface area contributed by atoms with Crippen LogP contribution in [0.3, 0.4) is 0 Å². The molecule has 1 saturated carbocycles. The summed E-state index contributed by atoms with van der Waals surface area (Å²) in [6.07, 6.45) is 6.32. The van der Waals surface area contributed by atoms with E-state index in [1.54, 1.807) is 0 Å². The standard InChI is InChI=1S/C14H29NO/c1-11(2)12(3)15(4)10-14(16)13-8-6-5-7-9-13/h11-14,16H,5-10H2,1-4H3. The number of hydrogen-bond donors (Lipinski definition) is 1. The summed E-state index contributed by atoms with van der Waals surface area (Å²) in [5.74, 6) is 1.21. The zero-order chi connectivity index (χ0) is 12.1. The Kier molecular flexibility index (Phi) is 5.77. The summed E-state index contributed by atoms with van der Waals surface area (Å²) in [7, 11) is 2.14. The molecule has 2 nitrogen and oxygen atoms in total. The van der Waals surface area contributed by atoms with Gasteiger partial charge in [-0.2, -0.15) is 0 Å². The second kappa shape index (κ2) is 6.61. The summed E-state index contributed by atoms with van der Waals surface area (Å²) >= 11 is 0. The van der Waals surface area contributed by atoms with Gasteiger partial charge in [-0.25, -0.2) is 0 Å². The van der Waals surface area contributed by atoms with Crippen LogP contribution in [0, 0.1) is 11.8 Å². The van der Waals surface area contributed by atoms with Crippen molar-refractivity contribution in [2.75, 3.05) is 13.6 Å². The van der Waals surface area contributed by atoms with Crippen LogP contribution in [0.4, 0.5) is 0 Å². The molecular formula is C14H29NO. The smallest absolute Gasteiger partial charge is 0.0695 e. The van der Waals surface area contributed by atoms with Crippen molar-refractivity contribution in [2.24, 2.45) is 11.8 Å². The summed E-state index contributed by atoms with van der Waals surface area (Å²) in [6, 6.07) is 0.554. The lowest BCUT2D eigenvalue weighted by Crippen LogP contribution is -2.41. The second-order valence-corrected chi connectivity index (χ2v) is 5.89. The topological polar surface area (TPSA) is 23.5 Å². The third kappa shape index (κ3) is 4.06. The minimum absolute atomic E-state index is 0.119. The van der Waals surface area contributed by atoms with Crippen LogP contribution in [0.25, 0.3) is 0 Å². The predicted octanol–water partition coefficient (Wildman–Crippen LogP) is 2.90. The minimum Gasteiger partial charge on any atom is -0.392 e. The van der Waals surface area contributed by atoms with Crippen molar-refractivity contribution in [1.82, 2.24) is 4.90 Å². The number of nitrogens with zero attached hydrogens (tertiary/aromatic N) is 1. The van der Waals surface area contributed by atoms with Gasteiger partial charge in [-0.15, -0.1) is 0 Å². The van der Waals surface area contributed by atoms with Gasteiger partial charge in [-0.1, -0.05) is 33.1 Å². The van der Waals surface area contributed by atoms with Gasteiger partial charge in [0.15, 0.2) is 0 Å². The van der Waals surface area contributed by atoms with E-state index < -0.39 is 0 Å². The van der Waals surface area contributed by atoms with Crippen LogP contribution in [0.1, 0.15) is 52.9 Å². The summed E-state index contributed by atoms with van der Waals surface area (Å²) in [4.78, 5) is 2.31. The van der Waals surface area contributed by atoms with Gasteiger partial charge in [0, 0.05) is 12.6 Å². The molecule has 0 aromatic carbocycles. The van der Waals surface area contributed by atoms with Crippen LogP contribution in [0.2, 0.25) is 0 Å². The molecule has 1 fully saturated rings. The lowest BCUT2D eigenvalue weighted by molar-refractivity contribution is 0.0391. The number of hydrogen-bond acceptors (Lipinski definition) is 2. The second-order valence-electron chi connectivity index (χ2n) is 5.89. The third-order valence-corrected chi connectivity index (χ3v) is 4.33. The Labute approximate surface area is 101 Å². The molecule has 16 heavy (non-hydrogen) atoms. The molecule has 2 heteroatoms. The molecule has 96 valence electrons. The first-order chi connectivity index (χ1) is 7.52. The maximum Gasteiger partial charge on any atom is 0.0695 e. The molecule has 0 radical (unpaired) electrons. The van der Waals surface area contributed by atoms with E-state index in [2.05, 4.69) is 32.7 Å². The molecule has 0 saturated heterocycles. The van der Waals surface area contributed by atoms with Gasteiger partial charge >= 0.3 is 0 Å². The highest BCUT2D eigenvalue weighted by atomic mass is 16.3. The van der Waals surface area contributed by atoms with E-state index in [1.165, 1.54) is 32.1 Å². The van der Waals surface area contributed by atoms with Crippen molar-refractivity contribution >= 4 is 0 Å². The lowest BCUT2D eigenvalue weighted by Gasteiger charge is -2.33. The van der Waals surface area contributed by atoms with Gasteiger partial charge in [0.05, 0.1) is 6.10 Å². The fourth-order valence-electron chi connectivity index (χ4n) is 2.64. The monoisotopic (exact) mass is 227 g/mol. The van der Waals surface area contributed by atoms with Crippen LogP contribution in [0.5, 0.6) is 0 Å². The van der Waals surface area contributed by atoms with Crippen molar-refractivity contribution in [3.63, 3.8) is 0 Å². The molecular weight excluding hydrogens is 198 g/mol. The van der Waals surface area contributed by atoms with Crippen LogP contribution < -0.4 is 0 Å². The molecule has 0 bridgehead atoms. The Morgan fingerprint density at radius 1 is 1.12 bits per heavy atom. The Bertz CT molecular complexity index is 187. The number of aliphatic hydroxyl groups is 1. The number of aliphatic hydroxyl groups excluding tert-OH is 1. The molecule has 0 aromatic rings. The van der Waals surface area contributed by atoms with Gasteiger partial charge in [0.2, 0.25) is 0 Å². The van der Waals surface area contributed by atoms with Crippen molar-refractivity contribution in [3.8, 4) is 0 Å². The van der Waals surface area contributed by atoms with E-state index in [1.807, 2.05) is 0 Å². The maximum absolute atomic E-state index is 10.2. The molecule has 1 rings (SSSR count). The Hall–Kier alpha value is -0.0800. The summed E-state index contributed by atoms with van der Waals surface area (Å²) in [5, 5.41) is 10.2. The minimum atomic E-state index is -0.119. The van der Waals surface area contributed by atoms with E-state index in [9.17, 15) is 5.11 Å². The first-order valence-corrected chi connectivity index (χ1v) is 6.90. The highest BCUT2D eigenvalue weighted by Crippen LogP contribution is 2.27. The first kappa shape index (κ1) is 14.0. The van der Waals surface area contributed by atoms with Crippen LogP contribution in [-0.4, -0.2) is 35.7 Å². The van der Waals surface area contributed by atoms with Crippen LogP contribution in [0.15, 0.2) is 0 Å². The zero-order valence-corrected chi connectivity index (χ0v) is 11.4. The highest BCUT2D eigenvalue weighted by Gasteiger charge is 2.24. The Morgan fingerprint density at radius 2 is 1.69 bits per heavy atom. The fourth-order valence-corrected chi connectivity index (χ4v) is 2.64. The zero-order valence-electron chi connectivity index (χ0n) is 11.4. The van der Waals surface area contributed by atoms with Crippen molar-refractivity contribution in [2.45, 2.75) is 65.0 Å². The molecule has 0 amide bonds. The molecule has 0 spiro atoms. The normalized spacial score (nSPS) is 22.7. The number of rotatable bonds is 5. The van der Waals surface area contributed by atoms with Gasteiger partial charge < -0.3 is 10.0 Å². The molecule has 1 aliphatic rings. The van der Waals surface area contributed by atoms with E-state index in [0.717, 1.165) is 6.54 Å². The van der Waals surface area contributed by atoms with Crippen molar-refractivity contribution < 1.29 is 5.11 Å². The van der Waals surface area contributed by atoms with Gasteiger partial charge in [0.1, 0.15) is 0 Å². The quantitative estimate of drug-likeness (QED) is 0.780. The Morgan fingerprint density at radius 3 is 2.19 bits per heavy atom. The average molecular weight is 227 g/mol. The SMILES string of the molecule is CC(C)C(C)N(C)CC(O)C1CCCCC1. The van der Waals surface area contributed by atoms with Gasteiger partial charge in [0.25, 0.3) is 0 Å². The van der Waals surface area contributed by atoms with Gasteiger partial charge in [-0.3, -0.25) is 0 Å². The largest absolute Gasteiger partial charge is 0.392 e. The van der Waals surface area contributed by atoms with Crippen LogP contribution in [-0.2, 0) is 0 Å². The predicted molar refractivity (Wildman–Crippen MR) is 69.5 cm³/mol. The highest BCUT2D eigenvalue weighted by molar-refractivity contribution is 4.77. The third-order valence-electron chi connectivity index (χ3n) is 4.33. The van der Waals surface area contributed by atoms with Crippen molar-refractivity contribution in [1.29, 1.82) is 0 Å². The summed E-state index contributed by atoms with van der Waals surface area (Å²) in [5.41, 5.74) is 0. The van der Waals surface area contributed by atoms with Crippen LogP contribution >= 0.6 is 0 Å². The lowest BCUT2D eigenvalue weighted by atomic mass is 9.85. The van der Waals surface area contributed by atoms with E-state index in [-0.39, 0.29) is 6.10 Å². The number of likely N-dealkylation sites (N-methyl/N-ethyl adjacent to an activating group) is 1.